The highest BCUT2D eigenvalue weighted by Gasteiger charge is 2.31. The van der Waals surface area contributed by atoms with Crippen molar-refractivity contribution in [3.8, 4) is 5.75 Å². The molecule has 0 bridgehead atoms. The summed E-state index contributed by atoms with van der Waals surface area (Å²) in [6.45, 7) is 4.24. The van der Waals surface area contributed by atoms with Crippen LogP contribution in [0.5, 0.6) is 5.75 Å². The highest BCUT2D eigenvalue weighted by Crippen LogP contribution is 2.39. The van der Waals surface area contributed by atoms with Crippen molar-refractivity contribution >= 4 is 40.0 Å². The molecule has 37 heavy (non-hydrogen) atoms. The zero-order valence-corrected chi connectivity index (χ0v) is 21.8. The highest BCUT2D eigenvalue weighted by atomic mass is 32.2. The molecule has 1 aliphatic carbocycles. The number of ether oxygens (including phenoxy) is 2. The van der Waals surface area contributed by atoms with Crippen LogP contribution in [0, 0.1) is 0 Å². The number of thioether (sulfide) groups is 1. The second kappa shape index (κ2) is 11.5. The molecule has 1 aromatic carbocycles. The maximum absolute atomic E-state index is 12.9. The first-order valence-corrected chi connectivity index (χ1v) is 13.5. The average Bonchev–Trinajstić information content (AvgIpc) is 3.55. The highest BCUT2D eigenvalue weighted by molar-refractivity contribution is 7.99. The molecule has 0 spiro atoms. The SMILES string of the molecule is CCOC(=O)c1c(NC(=O)CSc2nnc(COc3cccc(C(F)(F)F)c3)n2CC)sc2c1CCC2. The van der Waals surface area contributed by atoms with Crippen molar-refractivity contribution in [2.75, 3.05) is 17.7 Å². The Balaban J connectivity index is 1.38. The molecule has 0 atom stereocenters. The minimum Gasteiger partial charge on any atom is -0.486 e. The van der Waals surface area contributed by atoms with Gasteiger partial charge in [-0.2, -0.15) is 13.2 Å². The van der Waals surface area contributed by atoms with Gasteiger partial charge in [0.25, 0.3) is 0 Å². The molecule has 1 amide bonds. The van der Waals surface area contributed by atoms with E-state index in [2.05, 4.69) is 15.5 Å². The maximum Gasteiger partial charge on any atom is 0.416 e. The summed E-state index contributed by atoms with van der Waals surface area (Å²) < 4.78 is 51.3. The number of alkyl halides is 3. The average molecular weight is 555 g/mol. The number of carbonyl (C=O) groups excluding carboxylic acids is 2. The van der Waals surface area contributed by atoms with Gasteiger partial charge in [0.15, 0.2) is 11.0 Å². The van der Waals surface area contributed by atoms with Crippen molar-refractivity contribution in [3.05, 3.63) is 51.7 Å². The molecule has 4 rings (SSSR count). The summed E-state index contributed by atoms with van der Waals surface area (Å²) in [7, 11) is 0. The van der Waals surface area contributed by atoms with Gasteiger partial charge < -0.3 is 19.4 Å². The van der Waals surface area contributed by atoms with E-state index >= 15 is 0 Å². The zero-order chi connectivity index (χ0) is 26.6. The predicted octanol–water partition coefficient (Wildman–Crippen LogP) is 5.35. The molecule has 0 radical (unpaired) electrons. The number of esters is 1. The van der Waals surface area contributed by atoms with Gasteiger partial charge in [0.2, 0.25) is 5.91 Å². The monoisotopic (exact) mass is 554 g/mol. The zero-order valence-electron chi connectivity index (χ0n) is 20.2. The van der Waals surface area contributed by atoms with E-state index in [-0.39, 0.29) is 30.6 Å². The van der Waals surface area contributed by atoms with Crippen LogP contribution in [0.4, 0.5) is 18.2 Å². The van der Waals surface area contributed by atoms with Crippen LogP contribution >= 0.6 is 23.1 Å². The Morgan fingerprint density at radius 2 is 2.03 bits per heavy atom. The lowest BCUT2D eigenvalue weighted by Crippen LogP contribution is -2.17. The van der Waals surface area contributed by atoms with Gasteiger partial charge in [-0.25, -0.2) is 4.79 Å². The maximum atomic E-state index is 12.9. The Labute approximate surface area is 219 Å². The van der Waals surface area contributed by atoms with Crippen LogP contribution in [0.15, 0.2) is 29.4 Å². The largest absolute Gasteiger partial charge is 0.486 e. The van der Waals surface area contributed by atoms with E-state index < -0.39 is 17.7 Å². The van der Waals surface area contributed by atoms with Crippen molar-refractivity contribution in [3.63, 3.8) is 0 Å². The van der Waals surface area contributed by atoms with Crippen molar-refractivity contribution in [1.82, 2.24) is 14.8 Å². The third-order valence-electron chi connectivity index (χ3n) is 5.63. The number of benzene rings is 1. The van der Waals surface area contributed by atoms with Crippen LogP contribution in [0.2, 0.25) is 0 Å². The number of nitrogens with zero attached hydrogens (tertiary/aromatic N) is 3. The quantitative estimate of drug-likeness (QED) is 0.267. The fraction of sp³-hybridized carbons (Fsp3) is 0.417. The molecule has 1 aliphatic rings. The van der Waals surface area contributed by atoms with E-state index in [1.165, 1.54) is 23.5 Å². The van der Waals surface area contributed by atoms with E-state index in [4.69, 9.17) is 9.47 Å². The Hall–Kier alpha value is -3.06. The van der Waals surface area contributed by atoms with Gasteiger partial charge in [-0.3, -0.25) is 4.79 Å². The van der Waals surface area contributed by atoms with Crippen LogP contribution in [0.3, 0.4) is 0 Å². The van der Waals surface area contributed by atoms with E-state index in [0.29, 0.717) is 28.1 Å². The molecule has 2 heterocycles. The van der Waals surface area contributed by atoms with Crippen molar-refractivity contribution in [2.45, 2.75) is 57.6 Å². The summed E-state index contributed by atoms with van der Waals surface area (Å²) in [6, 6.07) is 4.61. The topological polar surface area (TPSA) is 95.3 Å². The lowest BCUT2D eigenvalue weighted by Gasteiger charge is -2.11. The fourth-order valence-electron chi connectivity index (χ4n) is 3.96. The van der Waals surface area contributed by atoms with Gasteiger partial charge in [0.1, 0.15) is 17.4 Å². The molecule has 13 heteroatoms. The molecule has 8 nitrogen and oxygen atoms in total. The van der Waals surface area contributed by atoms with Gasteiger partial charge >= 0.3 is 12.1 Å². The van der Waals surface area contributed by atoms with E-state index in [1.54, 1.807) is 11.5 Å². The molecular weight excluding hydrogens is 529 g/mol. The summed E-state index contributed by atoms with van der Waals surface area (Å²) >= 11 is 2.57. The number of hydrogen-bond donors (Lipinski definition) is 1. The summed E-state index contributed by atoms with van der Waals surface area (Å²) in [4.78, 5) is 26.3. The standard InChI is InChI=1S/C24H25F3N4O4S2/c1-3-31-18(12-35-15-8-5-7-14(11-15)24(25,26)27)29-30-23(31)36-13-19(32)28-21-20(22(33)34-4-2)16-9-6-10-17(16)37-21/h5,7-8,11H,3-4,6,9-10,12-13H2,1-2H3,(H,28,32). The first-order chi connectivity index (χ1) is 17.7. The molecule has 2 aromatic heterocycles. The van der Waals surface area contributed by atoms with Crippen molar-refractivity contribution in [1.29, 1.82) is 0 Å². The van der Waals surface area contributed by atoms with E-state index in [0.717, 1.165) is 53.6 Å². The van der Waals surface area contributed by atoms with Gasteiger partial charge in [-0.05, 0) is 56.9 Å². The number of nitrogens with one attached hydrogen (secondary N) is 1. The summed E-state index contributed by atoms with van der Waals surface area (Å²) in [6.07, 6.45) is -1.82. The predicted molar refractivity (Wildman–Crippen MR) is 133 cm³/mol. The number of carbonyl (C=O) groups is 2. The third kappa shape index (κ3) is 6.27. The Kier molecular flexibility index (Phi) is 8.42. The lowest BCUT2D eigenvalue weighted by molar-refractivity contribution is -0.137. The second-order valence-electron chi connectivity index (χ2n) is 8.08. The normalized spacial score (nSPS) is 12.9. The number of thiophene rings is 1. The molecule has 0 unspecified atom stereocenters. The number of aryl methyl sites for hydroxylation is 1. The Morgan fingerprint density at radius 1 is 1.22 bits per heavy atom. The Morgan fingerprint density at radius 3 is 2.76 bits per heavy atom. The summed E-state index contributed by atoms with van der Waals surface area (Å²) in [5, 5.41) is 12.0. The molecule has 0 saturated heterocycles. The van der Waals surface area contributed by atoms with Crippen LogP contribution in [0.25, 0.3) is 0 Å². The molecule has 1 N–H and O–H groups in total. The number of halogens is 3. The van der Waals surface area contributed by atoms with Crippen LogP contribution in [-0.2, 0) is 41.7 Å². The van der Waals surface area contributed by atoms with Crippen LogP contribution < -0.4 is 10.1 Å². The van der Waals surface area contributed by atoms with Gasteiger partial charge in [-0.15, -0.1) is 21.5 Å². The third-order valence-corrected chi connectivity index (χ3v) is 7.80. The number of amides is 1. The number of rotatable bonds is 10. The number of aromatic nitrogens is 3. The summed E-state index contributed by atoms with van der Waals surface area (Å²) in [5.41, 5.74) is 0.609. The second-order valence-corrected chi connectivity index (χ2v) is 10.1. The molecule has 0 saturated carbocycles. The first-order valence-electron chi connectivity index (χ1n) is 11.7. The molecule has 0 aliphatic heterocycles. The minimum atomic E-state index is -4.46. The molecular formula is C24H25F3N4O4S2. The molecule has 0 fully saturated rings. The molecule has 3 aromatic rings. The van der Waals surface area contributed by atoms with Crippen molar-refractivity contribution in [2.24, 2.45) is 0 Å². The van der Waals surface area contributed by atoms with Crippen LogP contribution in [-0.4, -0.2) is 39.0 Å². The van der Waals surface area contributed by atoms with E-state index in [1.807, 2.05) is 6.92 Å². The number of hydrogen-bond acceptors (Lipinski definition) is 8. The van der Waals surface area contributed by atoms with Crippen LogP contribution in [0.1, 0.15) is 52.5 Å². The van der Waals surface area contributed by atoms with Gasteiger partial charge in [0, 0.05) is 11.4 Å². The lowest BCUT2D eigenvalue weighted by atomic mass is 10.1. The minimum absolute atomic E-state index is 0.0252. The molecule has 198 valence electrons. The number of fused-ring (bicyclic) bond motifs is 1. The fourth-order valence-corrected chi connectivity index (χ4v) is 6.08. The van der Waals surface area contributed by atoms with Gasteiger partial charge in [0.05, 0.1) is 23.5 Å². The first kappa shape index (κ1) is 27.0. The van der Waals surface area contributed by atoms with E-state index in [9.17, 15) is 22.8 Å². The Bertz CT molecular complexity index is 1290. The number of anilines is 1. The summed E-state index contributed by atoms with van der Waals surface area (Å²) in [5.74, 6) is -0.224. The van der Waals surface area contributed by atoms with Crippen molar-refractivity contribution < 1.29 is 32.2 Å². The van der Waals surface area contributed by atoms with Gasteiger partial charge in [-0.1, -0.05) is 17.8 Å². The smallest absolute Gasteiger partial charge is 0.416 e.